The molecule has 0 unspecified atom stereocenters. The SMILES string of the molecule is O=C(N[C@H]1CC[C@@H](C(=O)O)C1)c1cc([N+](=O)[O-])ccc1Br. The van der Waals surface area contributed by atoms with Crippen LogP contribution in [0.1, 0.15) is 29.6 Å². The van der Waals surface area contributed by atoms with Gasteiger partial charge in [0.25, 0.3) is 11.6 Å². The second-order valence-corrected chi connectivity index (χ2v) is 5.79. The number of nitrogens with one attached hydrogen (secondary N) is 1. The van der Waals surface area contributed by atoms with Crippen molar-refractivity contribution in [1.82, 2.24) is 5.32 Å². The fraction of sp³-hybridized carbons (Fsp3) is 0.385. The van der Waals surface area contributed by atoms with Crippen molar-refractivity contribution in [2.45, 2.75) is 25.3 Å². The first kappa shape index (κ1) is 15.4. The van der Waals surface area contributed by atoms with E-state index in [1.54, 1.807) is 0 Å². The van der Waals surface area contributed by atoms with E-state index < -0.39 is 22.7 Å². The third-order valence-corrected chi connectivity index (χ3v) is 4.21. The number of non-ortho nitro benzene ring substituents is 1. The Morgan fingerprint density at radius 3 is 2.67 bits per heavy atom. The predicted molar refractivity (Wildman–Crippen MR) is 77.0 cm³/mol. The van der Waals surface area contributed by atoms with E-state index in [0.29, 0.717) is 23.7 Å². The zero-order chi connectivity index (χ0) is 15.6. The fourth-order valence-electron chi connectivity index (χ4n) is 2.40. The van der Waals surface area contributed by atoms with Crippen molar-refractivity contribution in [3.8, 4) is 0 Å². The number of benzene rings is 1. The first-order chi connectivity index (χ1) is 9.88. The number of halogens is 1. The largest absolute Gasteiger partial charge is 0.481 e. The molecule has 0 saturated heterocycles. The van der Waals surface area contributed by atoms with Crippen molar-refractivity contribution in [3.05, 3.63) is 38.3 Å². The maximum absolute atomic E-state index is 12.2. The van der Waals surface area contributed by atoms with Crippen LogP contribution >= 0.6 is 15.9 Å². The second-order valence-electron chi connectivity index (χ2n) is 4.94. The molecule has 0 radical (unpaired) electrons. The van der Waals surface area contributed by atoms with Gasteiger partial charge in [-0.05, 0) is 41.3 Å². The van der Waals surface area contributed by atoms with Crippen LogP contribution < -0.4 is 5.32 Å². The molecule has 0 spiro atoms. The normalized spacial score (nSPS) is 21.0. The highest BCUT2D eigenvalue weighted by Crippen LogP contribution is 2.27. The Bertz CT molecular complexity index is 604. The molecule has 1 aliphatic carbocycles. The summed E-state index contributed by atoms with van der Waals surface area (Å²) in [6.45, 7) is 0. The molecular formula is C13H13BrN2O5. The van der Waals surface area contributed by atoms with E-state index in [1.807, 2.05) is 0 Å². The number of hydrogen-bond donors (Lipinski definition) is 2. The lowest BCUT2D eigenvalue weighted by Crippen LogP contribution is -2.33. The van der Waals surface area contributed by atoms with Gasteiger partial charge in [-0.3, -0.25) is 19.7 Å². The van der Waals surface area contributed by atoms with Gasteiger partial charge in [-0.2, -0.15) is 0 Å². The molecule has 0 aliphatic heterocycles. The van der Waals surface area contributed by atoms with Crippen molar-refractivity contribution in [2.24, 2.45) is 5.92 Å². The Morgan fingerprint density at radius 2 is 2.10 bits per heavy atom. The number of hydrogen-bond acceptors (Lipinski definition) is 4. The lowest BCUT2D eigenvalue weighted by molar-refractivity contribution is -0.384. The molecule has 2 rings (SSSR count). The molecule has 1 aromatic carbocycles. The highest BCUT2D eigenvalue weighted by atomic mass is 79.9. The summed E-state index contributed by atoms with van der Waals surface area (Å²) in [7, 11) is 0. The lowest BCUT2D eigenvalue weighted by atomic mass is 10.1. The summed E-state index contributed by atoms with van der Waals surface area (Å²) >= 11 is 3.19. The molecule has 0 heterocycles. The Kier molecular flexibility index (Phi) is 4.56. The molecule has 0 aromatic heterocycles. The summed E-state index contributed by atoms with van der Waals surface area (Å²) in [4.78, 5) is 33.2. The molecule has 21 heavy (non-hydrogen) atoms. The number of carboxylic acids is 1. The maximum Gasteiger partial charge on any atom is 0.306 e. The number of carbonyl (C=O) groups excluding carboxylic acids is 1. The molecule has 112 valence electrons. The predicted octanol–water partition coefficient (Wildman–Crippen LogP) is 2.34. The van der Waals surface area contributed by atoms with E-state index in [2.05, 4.69) is 21.2 Å². The van der Waals surface area contributed by atoms with E-state index in [1.165, 1.54) is 18.2 Å². The number of nitrogens with zero attached hydrogens (tertiary/aromatic N) is 1. The Labute approximate surface area is 128 Å². The van der Waals surface area contributed by atoms with Gasteiger partial charge < -0.3 is 10.4 Å². The minimum Gasteiger partial charge on any atom is -0.481 e. The van der Waals surface area contributed by atoms with Gasteiger partial charge >= 0.3 is 5.97 Å². The quantitative estimate of drug-likeness (QED) is 0.635. The van der Waals surface area contributed by atoms with Crippen LogP contribution in [0.5, 0.6) is 0 Å². The summed E-state index contributed by atoms with van der Waals surface area (Å²) in [5.74, 6) is -1.74. The van der Waals surface area contributed by atoms with Crippen LogP contribution in [0.3, 0.4) is 0 Å². The first-order valence-electron chi connectivity index (χ1n) is 6.36. The van der Waals surface area contributed by atoms with E-state index in [4.69, 9.17) is 5.11 Å². The molecule has 1 aliphatic rings. The zero-order valence-electron chi connectivity index (χ0n) is 10.9. The van der Waals surface area contributed by atoms with E-state index in [0.717, 1.165) is 0 Å². The summed E-state index contributed by atoms with van der Waals surface area (Å²) in [5.41, 5.74) is 0.00107. The lowest BCUT2D eigenvalue weighted by Gasteiger charge is -2.13. The van der Waals surface area contributed by atoms with Crippen LogP contribution in [0.15, 0.2) is 22.7 Å². The van der Waals surface area contributed by atoms with E-state index in [9.17, 15) is 19.7 Å². The number of carboxylic acid groups (broad SMARTS) is 1. The van der Waals surface area contributed by atoms with Crippen LogP contribution in [0, 0.1) is 16.0 Å². The van der Waals surface area contributed by atoms with Gasteiger partial charge in [0.2, 0.25) is 0 Å². The monoisotopic (exact) mass is 356 g/mol. The molecule has 1 aromatic rings. The van der Waals surface area contributed by atoms with Gasteiger partial charge in [0, 0.05) is 22.6 Å². The van der Waals surface area contributed by atoms with Crippen molar-refractivity contribution in [2.75, 3.05) is 0 Å². The number of nitro groups is 1. The third kappa shape index (κ3) is 3.57. The van der Waals surface area contributed by atoms with Gasteiger partial charge in [-0.25, -0.2) is 0 Å². The molecule has 0 bridgehead atoms. The third-order valence-electron chi connectivity index (χ3n) is 3.52. The number of nitro benzene ring substituents is 1. The smallest absolute Gasteiger partial charge is 0.306 e. The first-order valence-corrected chi connectivity index (χ1v) is 7.15. The minimum absolute atomic E-state index is 0.168. The van der Waals surface area contributed by atoms with Crippen LogP contribution in [0.25, 0.3) is 0 Å². The Hall–Kier alpha value is -1.96. The molecule has 2 N–H and O–H groups in total. The zero-order valence-corrected chi connectivity index (χ0v) is 12.5. The standard InChI is InChI=1S/C13H13BrN2O5/c14-11-4-3-9(16(20)21)6-10(11)12(17)15-8-2-1-7(5-8)13(18)19/h3-4,6-8H,1-2,5H2,(H,15,17)(H,18,19)/t7-,8+/m1/s1. The average molecular weight is 357 g/mol. The molecule has 1 saturated carbocycles. The van der Waals surface area contributed by atoms with Gasteiger partial charge in [0.05, 0.1) is 16.4 Å². The molecule has 1 amide bonds. The molecule has 7 nitrogen and oxygen atoms in total. The number of rotatable bonds is 4. The minimum atomic E-state index is -0.858. The van der Waals surface area contributed by atoms with Crippen molar-refractivity contribution in [1.29, 1.82) is 0 Å². The Balaban J connectivity index is 2.09. The second kappa shape index (κ2) is 6.21. The summed E-state index contributed by atoms with van der Waals surface area (Å²) in [5, 5.41) is 22.4. The Morgan fingerprint density at radius 1 is 1.38 bits per heavy atom. The van der Waals surface area contributed by atoms with E-state index >= 15 is 0 Å². The summed E-state index contributed by atoms with van der Waals surface area (Å²) in [6, 6.07) is 3.73. The molecule has 8 heteroatoms. The highest BCUT2D eigenvalue weighted by molar-refractivity contribution is 9.10. The summed E-state index contributed by atoms with van der Waals surface area (Å²) in [6.07, 6.45) is 1.50. The fourth-order valence-corrected chi connectivity index (χ4v) is 2.83. The number of aliphatic carboxylic acids is 1. The van der Waals surface area contributed by atoms with Crippen LogP contribution in [-0.2, 0) is 4.79 Å². The van der Waals surface area contributed by atoms with Gasteiger partial charge in [0.15, 0.2) is 0 Å². The van der Waals surface area contributed by atoms with Gasteiger partial charge in [-0.1, -0.05) is 0 Å². The number of carbonyl (C=O) groups is 2. The van der Waals surface area contributed by atoms with Crippen LogP contribution in [0.2, 0.25) is 0 Å². The molecular weight excluding hydrogens is 344 g/mol. The maximum atomic E-state index is 12.2. The van der Waals surface area contributed by atoms with Crippen molar-refractivity contribution in [3.63, 3.8) is 0 Å². The van der Waals surface area contributed by atoms with Gasteiger partial charge in [0.1, 0.15) is 0 Å². The average Bonchev–Trinajstić information content (AvgIpc) is 2.87. The number of amides is 1. The van der Waals surface area contributed by atoms with Crippen LogP contribution in [-0.4, -0.2) is 27.9 Å². The van der Waals surface area contributed by atoms with Gasteiger partial charge in [-0.15, -0.1) is 0 Å². The van der Waals surface area contributed by atoms with E-state index in [-0.39, 0.29) is 17.3 Å². The summed E-state index contributed by atoms with van der Waals surface area (Å²) < 4.78 is 0.457. The van der Waals surface area contributed by atoms with Crippen molar-refractivity contribution < 1.29 is 19.6 Å². The highest BCUT2D eigenvalue weighted by Gasteiger charge is 2.31. The molecule has 1 fully saturated rings. The molecule has 2 atom stereocenters. The van der Waals surface area contributed by atoms with Crippen LogP contribution in [0.4, 0.5) is 5.69 Å². The topological polar surface area (TPSA) is 110 Å². The van der Waals surface area contributed by atoms with Crippen molar-refractivity contribution >= 4 is 33.5 Å².